The Hall–Kier alpha value is -6.06. The van der Waals surface area contributed by atoms with Crippen LogP contribution in [0.25, 0.3) is 40.1 Å². The lowest BCUT2D eigenvalue weighted by molar-refractivity contribution is 0.112. The minimum atomic E-state index is -0.133. The molecule has 0 amide bonds. The molecule has 0 bridgehead atoms. The van der Waals surface area contributed by atoms with Crippen LogP contribution in [-0.2, 0) is 10.8 Å². The van der Waals surface area contributed by atoms with Crippen LogP contribution in [-0.4, -0.2) is 88.3 Å². The number of H-pyrrole nitrogens is 1. The van der Waals surface area contributed by atoms with Crippen molar-refractivity contribution in [3.8, 4) is 34.3 Å². The molecule has 15 heteroatoms. The first-order valence-electron chi connectivity index (χ1n) is 19.0. The molecule has 13 nitrogen and oxygen atoms in total. The lowest BCUT2D eigenvalue weighted by Crippen LogP contribution is -2.22. The summed E-state index contributed by atoms with van der Waals surface area (Å²) in [4.78, 5) is 16.3. The number of hydrogen-bond donors (Lipinski definition) is 1. The highest BCUT2D eigenvalue weighted by Gasteiger charge is 2.25. The number of nitrogens with zero attached hydrogens (tertiary/aromatic N) is 9. The summed E-state index contributed by atoms with van der Waals surface area (Å²) in [6.45, 7) is 13.0. The highest BCUT2D eigenvalue weighted by Crippen LogP contribution is 2.32. The van der Waals surface area contributed by atoms with Crippen LogP contribution in [0.15, 0.2) is 78.9 Å². The Morgan fingerprint density at radius 3 is 1.73 bits per heavy atom. The number of methoxy groups -OCH3 is 2. The molecule has 308 valence electrons. The van der Waals surface area contributed by atoms with E-state index in [-0.39, 0.29) is 10.8 Å². The van der Waals surface area contributed by atoms with Crippen LogP contribution in [0.1, 0.15) is 67.5 Å². The molecule has 0 fully saturated rings. The molecular formula is C44H52N10O3S2. The van der Waals surface area contributed by atoms with Crippen molar-refractivity contribution in [2.45, 2.75) is 52.4 Å². The summed E-state index contributed by atoms with van der Waals surface area (Å²) in [5, 5.41) is 29.1. The molecule has 8 aromatic rings. The van der Waals surface area contributed by atoms with Crippen LogP contribution in [0.4, 0.5) is 10.0 Å². The number of hydrogen-bond acceptors (Lipinski definition) is 12. The van der Waals surface area contributed by atoms with Gasteiger partial charge in [0.05, 0.1) is 45.9 Å². The van der Waals surface area contributed by atoms with Crippen molar-refractivity contribution in [1.29, 1.82) is 0 Å². The first kappa shape index (κ1) is 42.5. The summed E-state index contributed by atoms with van der Waals surface area (Å²) in [6.07, 6.45) is 3.04. The summed E-state index contributed by atoms with van der Waals surface area (Å²) in [5.41, 5.74) is 5.40. The molecule has 0 spiro atoms. The number of ether oxygens (including phenoxy) is 2. The Morgan fingerprint density at radius 1 is 0.678 bits per heavy atom. The monoisotopic (exact) mass is 832 g/mol. The van der Waals surface area contributed by atoms with Gasteiger partial charge in [0.1, 0.15) is 11.5 Å². The maximum absolute atomic E-state index is 10.2. The van der Waals surface area contributed by atoms with Crippen LogP contribution >= 0.6 is 22.7 Å². The van der Waals surface area contributed by atoms with E-state index in [2.05, 4.69) is 104 Å². The van der Waals surface area contributed by atoms with E-state index in [1.165, 1.54) is 16.3 Å². The highest BCUT2D eigenvalue weighted by atomic mass is 32.1. The van der Waals surface area contributed by atoms with Crippen LogP contribution in [0.2, 0.25) is 0 Å². The molecule has 0 aliphatic heterocycles. The van der Waals surface area contributed by atoms with Gasteiger partial charge in [-0.2, -0.15) is 9.61 Å². The number of thiophene rings is 2. The van der Waals surface area contributed by atoms with Gasteiger partial charge in [-0.25, -0.2) is 4.52 Å². The van der Waals surface area contributed by atoms with Gasteiger partial charge >= 0.3 is 0 Å². The van der Waals surface area contributed by atoms with E-state index in [0.717, 1.165) is 77.4 Å². The van der Waals surface area contributed by atoms with Gasteiger partial charge in [-0.1, -0.05) is 65.8 Å². The van der Waals surface area contributed by atoms with E-state index >= 15 is 0 Å². The van der Waals surface area contributed by atoms with E-state index in [9.17, 15) is 4.79 Å². The molecule has 1 N–H and O–H groups in total. The molecule has 8 rings (SSSR count). The van der Waals surface area contributed by atoms with Gasteiger partial charge in [0.15, 0.2) is 29.2 Å². The zero-order chi connectivity index (χ0) is 42.6. The fourth-order valence-electron chi connectivity index (χ4n) is 6.10. The third-order valence-electron chi connectivity index (χ3n) is 9.25. The number of para-hydroxylation sites is 2. The second-order valence-corrected chi connectivity index (χ2v) is 18.4. The van der Waals surface area contributed by atoms with Crippen molar-refractivity contribution in [2.75, 3.05) is 52.2 Å². The van der Waals surface area contributed by atoms with E-state index in [1.807, 2.05) is 94.8 Å². The number of aromatic amines is 1. The number of fused-ring (bicyclic) bond motifs is 2. The molecule has 0 atom stereocenters. The number of anilines is 2. The average Bonchev–Trinajstić information content (AvgIpc) is 4.05. The minimum absolute atomic E-state index is 0.0404. The third kappa shape index (κ3) is 9.31. The summed E-state index contributed by atoms with van der Waals surface area (Å²) in [6, 6.07) is 25.7. The first-order chi connectivity index (χ1) is 28.0. The molecule has 2 aromatic carbocycles. The van der Waals surface area contributed by atoms with Gasteiger partial charge in [-0.05, 0) is 54.6 Å². The smallest absolute Gasteiger partial charge is 0.189 e. The largest absolute Gasteiger partial charge is 0.496 e. The Morgan fingerprint density at radius 2 is 1.22 bits per heavy atom. The molecule has 0 aliphatic carbocycles. The van der Waals surface area contributed by atoms with E-state index in [1.54, 1.807) is 25.6 Å². The predicted molar refractivity (Wildman–Crippen MR) is 241 cm³/mol. The molecule has 6 aromatic heterocycles. The number of rotatable bonds is 8. The normalized spacial score (nSPS) is 11.9. The summed E-state index contributed by atoms with van der Waals surface area (Å²) in [5.74, 6) is 2.98. The van der Waals surface area contributed by atoms with Gasteiger partial charge in [-0.3, -0.25) is 9.89 Å². The van der Waals surface area contributed by atoms with Crippen molar-refractivity contribution in [1.82, 2.24) is 39.6 Å². The Labute approximate surface area is 352 Å². The number of aromatic nitrogens is 8. The fraction of sp³-hybridized carbons (Fsp3) is 0.318. The second-order valence-electron chi connectivity index (χ2n) is 16.2. The summed E-state index contributed by atoms with van der Waals surface area (Å²) >= 11 is 3.24. The Balaban J connectivity index is 0.000000168. The third-order valence-corrected chi connectivity index (χ3v) is 11.6. The number of aldehydes is 1. The fourth-order valence-corrected chi connectivity index (χ4v) is 7.72. The highest BCUT2D eigenvalue weighted by molar-refractivity contribution is 7.17. The number of nitrogens with one attached hydrogen (secondary N) is 1. The lowest BCUT2D eigenvalue weighted by Gasteiger charge is -2.15. The second kappa shape index (κ2) is 17.4. The Bertz CT molecular complexity index is 2720. The first-order valence-corrected chi connectivity index (χ1v) is 20.7. The van der Waals surface area contributed by atoms with Crippen molar-refractivity contribution in [2.24, 2.45) is 0 Å². The molecule has 59 heavy (non-hydrogen) atoms. The quantitative estimate of drug-likeness (QED) is 0.149. The van der Waals surface area contributed by atoms with E-state index < -0.39 is 0 Å². The minimum Gasteiger partial charge on any atom is -0.496 e. The van der Waals surface area contributed by atoms with E-state index in [0.29, 0.717) is 5.82 Å². The predicted octanol–water partition coefficient (Wildman–Crippen LogP) is 8.43. The van der Waals surface area contributed by atoms with Gasteiger partial charge in [-0.15, -0.1) is 43.1 Å². The number of benzene rings is 2. The molecule has 0 saturated heterocycles. The summed E-state index contributed by atoms with van der Waals surface area (Å²) in [7, 11) is 11.3. The SMILES string of the molecule is CN(C)c1ccc(C=O)s1.COc1ccccc1-c1nnc2/c(=C\c3ccc(N(C)C)s3)c(C(C)(C)C)nn12.COc1ccccc1-c1nnc2cc(C(C)(C)C)[nH]n12. The van der Waals surface area contributed by atoms with Crippen LogP contribution in [0.3, 0.4) is 0 Å². The number of carbonyl (C=O) groups excluding carboxylic acids is 1. The lowest BCUT2D eigenvalue weighted by atomic mass is 9.91. The van der Waals surface area contributed by atoms with Gasteiger partial charge in [0.25, 0.3) is 0 Å². The van der Waals surface area contributed by atoms with Crippen LogP contribution in [0.5, 0.6) is 11.5 Å². The van der Waals surface area contributed by atoms with Gasteiger partial charge < -0.3 is 19.3 Å². The average molecular weight is 833 g/mol. The maximum atomic E-state index is 10.2. The van der Waals surface area contributed by atoms with Gasteiger partial charge in [0, 0.05) is 60.9 Å². The molecule has 0 radical (unpaired) electrons. The van der Waals surface area contributed by atoms with Crippen LogP contribution in [0, 0.1) is 0 Å². The van der Waals surface area contributed by atoms with Crippen molar-refractivity contribution < 1.29 is 14.3 Å². The summed E-state index contributed by atoms with van der Waals surface area (Å²) < 4.78 is 14.7. The number of carbonyl (C=O) groups is 1. The standard InChI is InChI=1S/C22H25N5OS.C15H18N4O.C7H9NOS/c1-22(2,3)19-16(13-14-11-12-18(29-14)26(4)5)21-24-23-20(27(21)25-19)15-9-7-8-10-17(15)28-6;1-15(2,3)12-9-13-16-17-14(19(13)18-12)10-7-5-6-8-11(10)20-4;1-8(2)7-4-3-6(5-9)10-7/h7-13H,1-6H3;5-9,18H,1-4H3;3-5H,1-2H3/b16-13-;;. The molecular weight excluding hydrogens is 781 g/mol. The zero-order valence-electron chi connectivity index (χ0n) is 35.7. The Kier molecular flexibility index (Phi) is 12.6. The van der Waals surface area contributed by atoms with Gasteiger partial charge in [0.2, 0.25) is 0 Å². The molecule has 0 aliphatic rings. The van der Waals surface area contributed by atoms with Crippen LogP contribution < -0.4 is 24.5 Å². The van der Waals surface area contributed by atoms with Crippen molar-refractivity contribution in [3.05, 3.63) is 105 Å². The zero-order valence-corrected chi connectivity index (χ0v) is 37.4. The van der Waals surface area contributed by atoms with Crippen molar-refractivity contribution in [3.63, 3.8) is 0 Å². The molecule has 0 unspecified atom stereocenters. The molecule has 6 heterocycles. The van der Waals surface area contributed by atoms with E-state index in [4.69, 9.17) is 14.6 Å². The van der Waals surface area contributed by atoms with Crippen molar-refractivity contribution >= 4 is 56.3 Å². The maximum Gasteiger partial charge on any atom is 0.189 e. The molecule has 0 saturated carbocycles. The topological polar surface area (TPSA) is 131 Å².